The van der Waals surface area contributed by atoms with E-state index in [-0.39, 0.29) is 13.2 Å². The molecule has 0 bridgehead atoms. The van der Waals surface area contributed by atoms with Crippen LogP contribution < -0.4 is 5.32 Å². The van der Waals surface area contributed by atoms with E-state index in [0.717, 1.165) is 12.1 Å². The van der Waals surface area contributed by atoms with Gasteiger partial charge in [-0.2, -0.15) is 13.2 Å². The van der Waals surface area contributed by atoms with E-state index >= 15 is 0 Å². The molecule has 0 aliphatic rings. The van der Waals surface area contributed by atoms with Gasteiger partial charge in [0.15, 0.2) is 0 Å². The van der Waals surface area contributed by atoms with Crippen molar-refractivity contribution in [2.24, 2.45) is 0 Å². The van der Waals surface area contributed by atoms with Crippen molar-refractivity contribution in [3.05, 3.63) is 41.5 Å². The Morgan fingerprint density at radius 2 is 2.04 bits per heavy atom. The predicted octanol–water partition coefficient (Wildman–Crippen LogP) is 3.01. The number of ether oxygens (including phenoxy) is 1. The van der Waals surface area contributed by atoms with E-state index in [1.54, 1.807) is 13.8 Å². The minimum atomic E-state index is -4.43. The minimum absolute atomic E-state index is 0.129. The molecule has 0 aliphatic heterocycles. The molecule has 0 spiro atoms. The zero-order valence-electron chi connectivity index (χ0n) is 13.9. The maximum Gasteiger partial charge on any atom is 0.416 e. The van der Waals surface area contributed by atoms with Crippen molar-refractivity contribution in [1.82, 2.24) is 5.32 Å². The summed E-state index contributed by atoms with van der Waals surface area (Å²) in [5.41, 5.74) is -0.804. The first-order chi connectivity index (χ1) is 11.1. The number of hydrogen-bond acceptors (Lipinski definition) is 3. The smallest absolute Gasteiger partial charge is 0.396 e. The Hall–Kier alpha value is -1.86. The van der Waals surface area contributed by atoms with Gasteiger partial charge in [0, 0.05) is 19.8 Å². The second-order valence-electron chi connectivity index (χ2n) is 5.86. The number of carbonyl (C=O) groups excluding carboxylic acids is 1. The highest BCUT2D eigenvalue weighted by Crippen LogP contribution is 2.30. The Labute approximate surface area is 139 Å². The van der Waals surface area contributed by atoms with Crippen LogP contribution in [0.4, 0.5) is 13.2 Å². The zero-order valence-corrected chi connectivity index (χ0v) is 13.9. The molecule has 0 aliphatic carbocycles. The molecule has 0 aromatic heterocycles. The van der Waals surface area contributed by atoms with Crippen LogP contribution in [0.15, 0.2) is 30.3 Å². The van der Waals surface area contributed by atoms with E-state index in [1.165, 1.54) is 25.3 Å². The number of rotatable bonds is 7. The third-order valence-electron chi connectivity index (χ3n) is 3.54. The van der Waals surface area contributed by atoms with Crippen LogP contribution >= 0.6 is 0 Å². The van der Waals surface area contributed by atoms with Crippen molar-refractivity contribution in [1.29, 1.82) is 0 Å². The summed E-state index contributed by atoms with van der Waals surface area (Å²) >= 11 is 0. The van der Waals surface area contributed by atoms with Gasteiger partial charge in [0.05, 0.1) is 17.7 Å². The normalized spacial score (nSPS) is 15.0. The highest BCUT2D eigenvalue weighted by Gasteiger charge is 2.30. The van der Waals surface area contributed by atoms with Gasteiger partial charge in [0.1, 0.15) is 0 Å². The van der Waals surface area contributed by atoms with Crippen molar-refractivity contribution < 1.29 is 27.8 Å². The number of amides is 1. The number of allylic oxidation sites excluding steroid dienone is 1. The van der Waals surface area contributed by atoms with Gasteiger partial charge < -0.3 is 15.2 Å². The van der Waals surface area contributed by atoms with Crippen LogP contribution in [0.2, 0.25) is 0 Å². The molecule has 2 N–H and O–H groups in total. The Bertz CT molecular complexity index is 591. The van der Waals surface area contributed by atoms with Crippen LogP contribution in [0.3, 0.4) is 0 Å². The second-order valence-corrected chi connectivity index (χ2v) is 5.86. The van der Waals surface area contributed by atoms with Crippen molar-refractivity contribution in [3.8, 4) is 0 Å². The van der Waals surface area contributed by atoms with Crippen LogP contribution in [0.5, 0.6) is 0 Å². The lowest BCUT2D eigenvalue weighted by Gasteiger charge is -2.29. The number of hydrogen-bond donors (Lipinski definition) is 2. The second kappa shape index (κ2) is 8.30. The molecule has 1 rings (SSSR count). The number of carbonyl (C=O) groups is 1. The molecule has 0 heterocycles. The largest absolute Gasteiger partial charge is 0.416 e. The lowest BCUT2D eigenvalue weighted by Crippen LogP contribution is -2.49. The monoisotopic (exact) mass is 345 g/mol. The molecule has 1 aromatic carbocycles. The third kappa shape index (κ3) is 5.98. The molecule has 1 aromatic rings. The lowest BCUT2D eigenvalue weighted by molar-refractivity contribution is -0.137. The molecule has 1 atom stereocenters. The fourth-order valence-corrected chi connectivity index (χ4v) is 2.29. The number of methoxy groups -OCH3 is 1. The molecule has 7 heteroatoms. The van der Waals surface area contributed by atoms with Crippen molar-refractivity contribution in [2.75, 3.05) is 20.3 Å². The van der Waals surface area contributed by atoms with Gasteiger partial charge in [-0.15, -0.1) is 0 Å². The number of benzene rings is 1. The summed E-state index contributed by atoms with van der Waals surface area (Å²) in [6.07, 6.45) is -2.90. The van der Waals surface area contributed by atoms with Gasteiger partial charge in [0.2, 0.25) is 5.91 Å². The van der Waals surface area contributed by atoms with E-state index in [0.29, 0.717) is 17.6 Å². The highest BCUT2D eigenvalue weighted by molar-refractivity contribution is 5.95. The van der Waals surface area contributed by atoms with Gasteiger partial charge in [0.25, 0.3) is 0 Å². The topological polar surface area (TPSA) is 58.6 Å². The molecule has 1 unspecified atom stereocenters. The van der Waals surface area contributed by atoms with E-state index in [1.807, 2.05) is 0 Å². The Balaban J connectivity index is 2.94. The summed E-state index contributed by atoms with van der Waals surface area (Å²) in [6, 6.07) is 4.79. The minimum Gasteiger partial charge on any atom is -0.396 e. The van der Waals surface area contributed by atoms with Gasteiger partial charge >= 0.3 is 6.18 Å². The summed E-state index contributed by atoms with van der Waals surface area (Å²) in [5.74, 6) is -0.460. The van der Waals surface area contributed by atoms with E-state index in [2.05, 4.69) is 5.32 Å². The van der Waals surface area contributed by atoms with E-state index in [4.69, 9.17) is 9.84 Å². The summed E-state index contributed by atoms with van der Waals surface area (Å²) < 4.78 is 43.3. The number of aliphatic hydroxyl groups is 1. The average Bonchev–Trinajstić information content (AvgIpc) is 2.46. The molecule has 134 valence electrons. The van der Waals surface area contributed by atoms with Gasteiger partial charge in [-0.3, -0.25) is 4.79 Å². The summed E-state index contributed by atoms with van der Waals surface area (Å²) in [7, 11) is 1.48. The summed E-state index contributed by atoms with van der Waals surface area (Å²) in [5, 5.41) is 11.8. The van der Waals surface area contributed by atoms with Crippen molar-refractivity contribution in [3.63, 3.8) is 0 Å². The zero-order chi connectivity index (χ0) is 18.4. The SMILES string of the molecule is COCC(C)(CCO)NC(=O)/C=C(/C)c1cccc(C(F)(F)F)c1. The first kappa shape index (κ1) is 20.2. The third-order valence-corrected chi connectivity index (χ3v) is 3.54. The van der Waals surface area contributed by atoms with E-state index in [9.17, 15) is 18.0 Å². The summed E-state index contributed by atoms with van der Waals surface area (Å²) in [4.78, 5) is 12.1. The molecular weight excluding hydrogens is 323 g/mol. The molecular formula is C17H22F3NO3. The predicted molar refractivity (Wildman–Crippen MR) is 85.2 cm³/mol. The lowest BCUT2D eigenvalue weighted by atomic mass is 9.98. The van der Waals surface area contributed by atoms with E-state index < -0.39 is 23.2 Å². The fourth-order valence-electron chi connectivity index (χ4n) is 2.29. The molecule has 0 fully saturated rings. The van der Waals surface area contributed by atoms with Crippen LogP contribution in [0.25, 0.3) is 5.57 Å². The van der Waals surface area contributed by atoms with Crippen molar-refractivity contribution in [2.45, 2.75) is 32.0 Å². The molecule has 0 saturated carbocycles. The maximum atomic E-state index is 12.7. The molecule has 24 heavy (non-hydrogen) atoms. The first-order valence-corrected chi connectivity index (χ1v) is 7.39. The maximum absolute atomic E-state index is 12.7. The molecule has 1 amide bonds. The number of alkyl halides is 3. The van der Waals surface area contributed by atoms with Gasteiger partial charge in [-0.25, -0.2) is 0 Å². The Kier molecular flexibility index (Phi) is 6.98. The standard InChI is InChI=1S/C17H22F3NO3/c1-12(13-5-4-6-14(10-13)17(18,19)20)9-15(23)21-16(2,7-8-22)11-24-3/h4-6,9-10,22H,7-8,11H2,1-3H3,(H,21,23)/b12-9-. The Morgan fingerprint density at radius 1 is 1.38 bits per heavy atom. The Morgan fingerprint density at radius 3 is 2.58 bits per heavy atom. The van der Waals surface area contributed by atoms with Crippen LogP contribution in [-0.2, 0) is 15.7 Å². The number of halogens is 3. The fraction of sp³-hybridized carbons (Fsp3) is 0.471. The number of aliphatic hydroxyl groups excluding tert-OH is 1. The van der Waals surface area contributed by atoms with Gasteiger partial charge in [-0.05, 0) is 43.5 Å². The quantitative estimate of drug-likeness (QED) is 0.747. The molecule has 0 saturated heterocycles. The first-order valence-electron chi connectivity index (χ1n) is 7.39. The van der Waals surface area contributed by atoms with Crippen LogP contribution in [0, 0.1) is 0 Å². The summed E-state index contributed by atoms with van der Waals surface area (Å²) in [6.45, 7) is 3.36. The van der Waals surface area contributed by atoms with Crippen molar-refractivity contribution >= 4 is 11.5 Å². The average molecular weight is 345 g/mol. The molecule has 4 nitrogen and oxygen atoms in total. The highest BCUT2D eigenvalue weighted by atomic mass is 19.4. The van der Waals surface area contributed by atoms with Gasteiger partial charge in [-0.1, -0.05) is 12.1 Å². The molecule has 0 radical (unpaired) electrons. The van der Waals surface area contributed by atoms with Crippen LogP contribution in [-0.4, -0.2) is 36.9 Å². The van der Waals surface area contributed by atoms with Crippen LogP contribution in [0.1, 0.15) is 31.4 Å². The number of nitrogens with one attached hydrogen (secondary N) is 1.